The summed E-state index contributed by atoms with van der Waals surface area (Å²) in [6.45, 7) is 0. The van der Waals surface area contributed by atoms with Crippen molar-refractivity contribution >= 4 is 35.1 Å². The molecule has 1 aliphatic heterocycles. The van der Waals surface area contributed by atoms with Crippen molar-refractivity contribution in [3.05, 3.63) is 9.77 Å². The molecule has 0 amide bonds. The van der Waals surface area contributed by atoms with Gasteiger partial charge in [0.1, 0.15) is 0 Å². The van der Waals surface area contributed by atoms with Crippen molar-refractivity contribution in [2.75, 3.05) is 5.08 Å². The first-order valence-electron chi connectivity index (χ1n) is 1.49. The second kappa shape index (κ2) is 2.15. The van der Waals surface area contributed by atoms with E-state index in [1.54, 1.807) is 23.5 Å². The molecule has 0 radical (unpaired) electrons. The lowest BCUT2D eigenvalue weighted by Gasteiger charge is -1.75. The molecule has 0 N–H and O–H groups in total. The number of hydrogen-bond donors (Lipinski definition) is 0. The molecule has 3 heteroatoms. The maximum Gasteiger partial charge on any atom is 0.0806 e. The van der Waals surface area contributed by atoms with Gasteiger partial charge in [0, 0.05) is 5.08 Å². The molecule has 0 unspecified atom stereocenters. The van der Waals surface area contributed by atoms with Gasteiger partial charge in [0.25, 0.3) is 0 Å². The molecule has 0 aromatic carbocycles. The van der Waals surface area contributed by atoms with Crippen molar-refractivity contribution in [1.82, 2.24) is 0 Å². The summed E-state index contributed by atoms with van der Waals surface area (Å²) in [5, 5.41) is 3.06. The van der Waals surface area contributed by atoms with Crippen LogP contribution in [0.15, 0.2) is 9.77 Å². The molecule has 0 saturated carbocycles. The molecule has 0 aromatic rings. The van der Waals surface area contributed by atoms with Crippen LogP contribution in [-0.2, 0) is 0 Å². The molecule has 1 heterocycles. The van der Waals surface area contributed by atoms with Gasteiger partial charge in [0.15, 0.2) is 0 Å². The van der Waals surface area contributed by atoms with E-state index in [-0.39, 0.29) is 0 Å². The molecule has 0 spiro atoms. The number of rotatable bonds is 0. The van der Waals surface area contributed by atoms with Gasteiger partial charge >= 0.3 is 0 Å². The molecule has 6 heavy (non-hydrogen) atoms. The summed E-state index contributed by atoms with van der Waals surface area (Å²) in [5.74, 6) is 0. The predicted octanol–water partition coefficient (Wildman–Crippen LogP) is 2.46. The second-order valence-electron chi connectivity index (χ2n) is 0.851. The molecule has 34 valence electrons. The molecule has 1 rings (SSSR count). The Hall–Kier alpha value is 0.730. The van der Waals surface area contributed by atoms with E-state index in [0.29, 0.717) is 0 Å². The van der Waals surface area contributed by atoms with Crippen molar-refractivity contribution in [2.45, 2.75) is 0 Å². The van der Waals surface area contributed by atoms with Crippen LogP contribution in [-0.4, -0.2) is 5.08 Å². The average molecular weight is 139 g/mol. The molecule has 0 bridgehead atoms. The first-order valence-corrected chi connectivity index (χ1v) is 3.91. The van der Waals surface area contributed by atoms with Crippen LogP contribution < -0.4 is 0 Å². The van der Waals surface area contributed by atoms with E-state index in [1.165, 1.54) is 0 Å². The fraction of sp³-hybridized carbons (Fsp3) is 0.333. The molecule has 0 aliphatic carbocycles. The van der Waals surface area contributed by atoms with Crippen LogP contribution in [0.3, 0.4) is 0 Å². The van der Waals surface area contributed by atoms with E-state index < -0.39 is 0 Å². The zero-order valence-corrected chi connectivity index (χ0v) is 5.37. The van der Waals surface area contributed by atoms with Gasteiger partial charge in [-0.15, -0.1) is 23.5 Å². The lowest BCUT2D eigenvalue weighted by molar-refractivity contribution is 2.32. The van der Waals surface area contributed by atoms with E-state index >= 15 is 0 Å². The summed E-state index contributed by atoms with van der Waals surface area (Å²) >= 11 is 8.95. The summed E-state index contributed by atoms with van der Waals surface area (Å²) < 4.78 is 0.931. The van der Waals surface area contributed by atoms with Crippen molar-refractivity contribution < 1.29 is 0 Å². The Kier molecular flexibility index (Phi) is 1.74. The van der Waals surface area contributed by atoms with E-state index in [9.17, 15) is 0 Å². The summed E-state index contributed by atoms with van der Waals surface area (Å²) in [5.41, 5.74) is 0. The second-order valence-corrected chi connectivity index (χ2v) is 3.72. The predicted molar refractivity (Wildman–Crippen MR) is 34.0 cm³/mol. The molecule has 1 aliphatic rings. The van der Waals surface area contributed by atoms with Crippen LogP contribution in [0.2, 0.25) is 0 Å². The first kappa shape index (κ1) is 4.88. The highest BCUT2D eigenvalue weighted by Crippen LogP contribution is 2.33. The Morgan fingerprint density at radius 1 is 1.83 bits per heavy atom. The zero-order valence-electron chi connectivity index (χ0n) is 2.98. The van der Waals surface area contributed by atoms with E-state index in [1.807, 2.05) is 5.41 Å². The normalized spacial score (nSPS) is 21.2. The fourth-order valence-corrected chi connectivity index (χ4v) is 2.42. The average Bonchev–Trinajstić information content (AvgIpc) is 1.86. The molecule has 0 nitrogen and oxygen atoms in total. The van der Waals surface area contributed by atoms with Crippen LogP contribution in [0.5, 0.6) is 0 Å². The highest BCUT2D eigenvalue weighted by atomic mass is 35.5. The van der Waals surface area contributed by atoms with Gasteiger partial charge in [-0.2, -0.15) is 0 Å². The number of halogens is 1. The van der Waals surface area contributed by atoms with E-state index in [4.69, 9.17) is 11.6 Å². The fourth-order valence-electron chi connectivity index (χ4n) is 0.224. The van der Waals surface area contributed by atoms with Crippen molar-refractivity contribution in [3.8, 4) is 0 Å². The van der Waals surface area contributed by atoms with E-state index in [2.05, 4.69) is 0 Å². The van der Waals surface area contributed by atoms with Crippen LogP contribution >= 0.6 is 35.1 Å². The van der Waals surface area contributed by atoms with Gasteiger partial charge < -0.3 is 0 Å². The maximum atomic E-state index is 5.52. The van der Waals surface area contributed by atoms with E-state index in [0.717, 1.165) is 9.45 Å². The van der Waals surface area contributed by atoms with Gasteiger partial charge in [0.05, 0.1) is 4.36 Å². The van der Waals surface area contributed by atoms with Crippen molar-refractivity contribution in [2.24, 2.45) is 0 Å². The van der Waals surface area contributed by atoms with Gasteiger partial charge in [0.2, 0.25) is 0 Å². The number of hydrogen-bond acceptors (Lipinski definition) is 2. The summed E-state index contributed by atoms with van der Waals surface area (Å²) in [4.78, 5) is 0. The molecule has 0 fully saturated rings. The maximum absolute atomic E-state index is 5.52. The van der Waals surface area contributed by atoms with Crippen LogP contribution in [0.1, 0.15) is 0 Å². The lowest BCUT2D eigenvalue weighted by Crippen LogP contribution is -1.47. The van der Waals surface area contributed by atoms with Crippen molar-refractivity contribution in [3.63, 3.8) is 0 Å². The van der Waals surface area contributed by atoms with Crippen LogP contribution in [0.4, 0.5) is 0 Å². The molecule has 0 saturated heterocycles. The minimum Gasteiger partial charge on any atom is -0.121 e. The third kappa shape index (κ3) is 1.10. The van der Waals surface area contributed by atoms with Gasteiger partial charge in [-0.05, 0) is 5.41 Å². The third-order valence-corrected chi connectivity index (χ3v) is 2.97. The molecular weight excluding hydrogens is 136 g/mol. The first-order chi connectivity index (χ1) is 2.89. The summed E-state index contributed by atoms with van der Waals surface area (Å²) in [6.07, 6.45) is 0. The monoisotopic (exact) mass is 138 g/mol. The largest absolute Gasteiger partial charge is 0.121 e. The topological polar surface area (TPSA) is 0 Å². The highest BCUT2D eigenvalue weighted by Gasteiger charge is 1.98. The Bertz CT molecular complexity index is 78.9. The quantitative estimate of drug-likeness (QED) is 0.505. The molecular formula is C3H3ClS2. The Morgan fingerprint density at radius 3 is 2.83 bits per heavy atom. The Balaban J connectivity index is 2.45. The Morgan fingerprint density at radius 2 is 2.67 bits per heavy atom. The van der Waals surface area contributed by atoms with Gasteiger partial charge in [-0.25, -0.2) is 0 Å². The smallest absolute Gasteiger partial charge is 0.0806 e. The summed E-state index contributed by atoms with van der Waals surface area (Å²) in [7, 11) is 0. The lowest BCUT2D eigenvalue weighted by atomic mass is 11.2. The SMILES string of the molecule is ClC1=CSCS1. The third-order valence-electron chi connectivity index (χ3n) is 0.441. The standard InChI is InChI=1S/C3H3ClS2/c4-3-1-5-2-6-3/h1H,2H2. The van der Waals surface area contributed by atoms with Crippen molar-refractivity contribution in [1.29, 1.82) is 0 Å². The molecule has 0 aromatic heterocycles. The number of thioether (sulfide) groups is 2. The van der Waals surface area contributed by atoms with Crippen LogP contribution in [0.25, 0.3) is 0 Å². The van der Waals surface area contributed by atoms with Crippen LogP contribution in [0, 0.1) is 0 Å². The molecule has 0 atom stereocenters. The summed E-state index contributed by atoms with van der Waals surface area (Å²) in [6, 6.07) is 0. The van der Waals surface area contributed by atoms with Gasteiger partial charge in [-0.3, -0.25) is 0 Å². The highest BCUT2D eigenvalue weighted by molar-refractivity contribution is 8.22. The zero-order chi connectivity index (χ0) is 4.41. The Labute approximate surface area is 50.3 Å². The minimum absolute atomic E-state index is 0.931. The minimum atomic E-state index is 0.931. The van der Waals surface area contributed by atoms with Gasteiger partial charge in [-0.1, -0.05) is 11.6 Å².